The fourth-order valence-electron chi connectivity index (χ4n) is 2.05. The van der Waals surface area contributed by atoms with E-state index in [4.69, 9.17) is 4.42 Å². The first-order valence-electron chi connectivity index (χ1n) is 7.49. The third kappa shape index (κ3) is 3.78. The molecule has 5 nitrogen and oxygen atoms in total. The molecule has 0 radical (unpaired) electrons. The summed E-state index contributed by atoms with van der Waals surface area (Å²) in [6.45, 7) is 9.94. The zero-order valence-corrected chi connectivity index (χ0v) is 14.5. The van der Waals surface area contributed by atoms with Gasteiger partial charge in [0.15, 0.2) is 0 Å². The van der Waals surface area contributed by atoms with Gasteiger partial charge in [0.1, 0.15) is 6.07 Å². The van der Waals surface area contributed by atoms with Gasteiger partial charge in [-0.1, -0.05) is 50.6 Å². The molecule has 2 aromatic rings. The molecule has 0 aliphatic carbocycles. The van der Waals surface area contributed by atoms with Crippen molar-refractivity contribution < 1.29 is 4.42 Å². The molecule has 0 unspecified atom stereocenters. The number of hydrazone groups is 1. The second-order valence-electron chi connectivity index (χ2n) is 6.61. The highest BCUT2D eigenvalue weighted by Gasteiger charge is 2.25. The summed E-state index contributed by atoms with van der Waals surface area (Å²) in [6.07, 6.45) is 0. The zero-order valence-electron chi connectivity index (χ0n) is 14.5. The van der Waals surface area contributed by atoms with Crippen LogP contribution in [0, 0.1) is 18.3 Å². The number of rotatable bonds is 3. The van der Waals surface area contributed by atoms with Crippen LogP contribution >= 0.6 is 0 Å². The molecule has 0 atom stereocenters. The molecule has 1 aromatic carbocycles. The average Bonchev–Trinajstić information content (AvgIpc) is 2.92. The van der Waals surface area contributed by atoms with E-state index in [0.29, 0.717) is 11.8 Å². The molecule has 2 rings (SSSR count). The van der Waals surface area contributed by atoms with E-state index in [0.717, 1.165) is 11.3 Å². The predicted octanol–water partition coefficient (Wildman–Crippen LogP) is 4.01. The number of anilines is 1. The van der Waals surface area contributed by atoms with Gasteiger partial charge in [0.2, 0.25) is 11.6 Å². The monoisotopic (exact) mass is 310 g/mol. The molecular formula is C18H22N4O. The number of aryl methyl sites for hydroxylation is 1. The van der Waals surface area contributed by atoms with E-state index in [2.05, 4.69) is 16.2 Å². The van der Waals surface area contributed by atoms with Gasteiger partial charge in [0.05, 0.1) is 5.71 Å². The van der Waals surface area contributed by atoms with Crippen LogP contribution in [0.4, 0.5) is 5.88 Å². The van der Waals surface area contributed by atoms with E-state index in [1.807, 2.05) is 58.9 Å². The zero-order chi connectivity index (χ0) is 17.2. The van der Waals surface area contributed by atoms with Crippen LogP contribution < -0.4 is 5.01 Å². The van der Waals surface area contributed by atoms with Crippen LogP contribution in [-0.2, 0) is 5.41 Å². The standard InChI is InChI=1S/C18H22N4O/c1-12-7-9-14(10-8-12)13(2)21-22(6)16-15(11-19)20-17(23-16)18(3,4)5/h7-10H,1-6H3. The Morgan fingerprint density at radius 1 is 1.26 bits per heavy atom. The summed E-state index contributed by atoms with van der Waals surface area (Å²) in [5.74, 6) is 0.892. The van der Waals surface area contributed by atoms with Gasteiger partial charge in [-0.3, -0.25) is 0 Å². The normalized spacial score (nSPS) is 12.1. The van der Waals surface area contributed by atoms with Crippen LogP contribution in [0.3, 0.4) is 0 Å². The van der Waals surface area contributed by atoms with Gasteiger partial charge in [0.25, 0.3) is 5.88 Å². The van der Waals surface area contributed by atoms with Crippen LogP contribution in [-0.4, -0.2) is 17.7 Å². The first-order valence-corrected chi connectivity index (χ1v) is 7.49. The van der Waals surface area contributed by atoms with Gasteiger partial charge in [-0.2, -0.15) is 15.3 Å². The molecule has 0 aliphatic rings. The minimum Gasteiger partial charge on any atom is -0.421 e. The van der Waals surface area contributed by atoms with Crippen molar-refractivity contribution in [2.75, 3.05) is 12.1 Å². The van der Waals surface area contributed by atoms with E-state index in [1.54, 1.807) is 12.1 Å². The maximum Gasteiger partial charge on any atom is 0.254 e. The molecule has 5 heteroatoms. The lowest BCUT2D eigenvalue weighted by Crippen LogP contribution is -2.13. The summed E-state index contributed by atoms with van der Waals surface area (Å²) in [7, 11) is 1.76. The Kier molecular flexibility index (Phi) is 4.55. The number of hydrogen-bond acceptors (Lipinski definition) is 5. The molecule has 0 aliphatic heterocycles. The summed E-state index contributed by atoms with van der Waals surface area (Å²) in [4.78, 5) is 4.27. The predicted molar refractivity (Wildman–Crippen MR) is 91.7 cm³/mol. The quantitative estimate of drug-likeness (QED) is 0.634. The van der Waals surface area contributed by atoms with Gasteiger partial charge in [-0.05, 0) is 19.4 Å². The van der Waals surface area contributed by atoms with Crippen molar-refractivity contribution in [3.05, 3.63) is 47.0 Å². The average molecular weight is 310 g/mol. The van der Waals surface area contributed by atoms with E-state index < -0.39 is 0 Å². The lowest BCUT2D eigenvalue weighted by atomic mass is 9.97. The fourth-order valence-corrected chi connectivity index (χ4v) is 2.05. The van der Waals surface area contributed by atoms with Gasteiger partial charge in [0, 0.05) is 12.5 Å². The first-order chi connectivity index (χ1) is 10.7. The summed E-state index contributed by atoms with van der Waals surface area (Å²) in [5.41, 5.74) is 3.05. The highest BCUT2D eigenvalue weighted by atomic mass is 16.4. The minimum absolute atomic E-state index is 0.248. The third-order valence-corrected chi connectivity index (χ3v) is 3.42. The van der Waals surface area contributed by atoms with Gasteiger partial charge in [-0.15, -0.1) is 0 Å². The first kappa shape index (κ1) is 16.8. The Hall–Kier alpha value is -2.61. The van der Waals surface area contributed by atoms with E-state index in [1.165, 1.54) is 5.56 Å². The lowest BCUT2D eigenvalue weighted by molar-refractivity contribution is 0.394. The summed E-state index contributed by atoms with van der Waals surface area (Å²) in [5, 5.41) is 15.4. The van der Waals surface area contributed by atoms with Crippen molar-refractivity contribution in [2.24, 2.45) is 5.10 Å². The Bertz CT molecular complexity index is 758. The summed E-state index contributed by atoms with van der Waals surface area (Å²) >= 11 is 0. The molecule has 120 valence electrons. The third-order valence-electron chi connectivity index (χ3n) is 3.42. The molecule has 0 spiro atoms. The van der Waals surface area contributed by atoms with Crippen LogP contribution in [0.15, 0.2) is 33.8 Å². The van der Waals surface area contributed by atoms with Crippen LogP contribution in [0.5, 0.6) is 0 Å². The Balaban J connectivity index is 2.35. The largest absolute Gasteiger partial charge is 0.421 e. The second kappa shape index (κ2) is 6.25. The highest BCUT2D eigenvalue weighted by Crippen LogP contribution is 2.28. The molecule has 0 amide bonds. The van der Waals surface area contributed by atoms with E-state index in [9.17, 15) is 5.26 Å². The van der Waals surface area contributed by atoms with Crippen molar-refractivity contribution in [1.82, 2.24) is 4.98 Å². The molecular weight excluding hydrogens is 288 g/mol. The summed E-state index contributed by atoms with van der Waals surface area (Å²) in [6, 6.07) is 10.2. The summed E-state index contributed by atoms with van der Waals surface area (Å²) < 4.78 is 5.77. The van der Waals surface area contributed by atoms with E-state index >= 15 is 0 Å². The van der Waals surface area contributed by atoms with Gasteiger partial charge < -0.3 is 4.42 Å². The van der Waals surface area contributed by atoms with Crippen molar-refractivity contribution in [1.29, 1.82) is 5.26 Å². The smallest absolute Gasteiger partial charge is 0.254 e. The van der Waals surface area contributed by atoms with Crippen molar-refractivity contribution >= 4 is 11.6 Å². The highest BCUT2D eigenvalue weighted by molar-refractivity contribution is 5.99. The SMILES string of the molecule is CC(=NN(C)c1oc(C(C)(C)C)nc1C#N)c1ccc(C)cc1. The number of oxazole rings is 1. The number of aromatic nitrogens is 1. The molecule has 23 heavy (non-hydrogen) atoms. The Morgan fingerprint density at radius 3 is 2.39 bits per heavy atom. The second-order valence-corrected chi connectivity index (χ2v) is 6.61. The maximum atomic E-state index is 9.28. The molecule has 1 heterocycles. The lowest BCUT2D eigenvalue weighted by Gasteiger charge is -2.14. The van der Waals surface area contributed by atoms with Crippen molar-refractivity contribution in [3.63, 3.8) is 0 Å². The van der Waals surface area contributed by atoms with Crippen molar-refractivity contribution in [3.8, 4) is 6.07 Å². The van der Waals surface area contributed by atoms with E-state index in [-0.39, 0.29) is 11.1 Å². The number of hydrogen-bond donors (Lipinski definition) is 0. The van der Waals surface area contributed by atoms with Crippen molar-refractivity contribution in [2.45, 2.75) is 40.0 Å². The number of benzene rings is 1. The fraction of sp³-hybridized carbons (Fsp3) is 0.389. The molecule has 0 bridgehead atoms. The topological polar surface area (TPSA) is 65.4 Å². The minimum atomic E-state index is -0.263. The molecule has 0 N–H and O–H groups in total. The number of nitrogens with zero attached hydrogens (tertiary/aromatic N) is 4. The Labute approximate surface area is 137 Å². The number of nitriles is 1. The van der Waals surface area contributed by atoms with Crippen LogP contribution in [0.2, 0.25) is 0 Å². The molecule has 0 saturated carbocycles. The molecule has 1 aromatic heterocycles. The van der Waals surface area contributed by atoms with Crippen LogP contribution in [0.25, 0.3) is 0 Å². The molecule has 0 saturated heterocycles. The maximum absolute atomic E-state index is 9.28. The Morgan fingerprint density at radius 2 is 1.87 bits per heavy atom. The van der Waals surface area contributed by atoms with Gasteiger partial charge in [-0.25, -0.2) is 5.01 Å². The van der Waals surface area contributed by atoms with Crippen LogP contribution in [0.1, 0.15) is 50.4 Å². The molecule has 0 fully saturated rings. The van der Waals surface area contributed by atoms with Gasteiger partial charge >= 0.3 is 0 Å².